The molecule has 1 fully saturated rings. The van der Waals surface area contributed by atoms with E-state index in [1.807, 2.05) is 59.8 Å². The molecule has 10 nitrogen and oxygen atoms in total. The Morgan fingerprint density at radius 1 is 0.952 bits per heavy atom. The van der Waals surface area contributed by atoms with Gasteiger partial charge in [-0.15, -0.1) is 0 Å². The molecule has 2 aliphatic heterocycles. The second kappa shape index (κ2) is 11.8. The van der Waals surface area contributed by atoms with E-state index in [-0.39, 0.29) is 12.7 Å². The highest BCUT2D eigenvalue weighted by Crippen LogP contribution is 2.37. The van der Waals surface area contributed by atoms with E-state index < -0.39 is 0 Å². The molecule has 220 valence electrons. The number of carbonyl (C=O) groups excluding carboxylic acids is 1. The minimum Gasteiger partial charge on any atom is -0.496 e. The molecule has 2 aromatic carbocycles. The summed E-state index contributed by atoms with van der Waals surface area (Å²) in [6.45, 7) is 7.34. The predicted octanol–water partition coefficient (Wildman–Crippen LogP) is 5.01. The number of anilines is 1. The van der Waals surface area contributed by atoms with Gasteiger partial charge in [0.25, 0.3) is 0 Å². The lowest BCUT2D eigenvalue weighted by Crippen LogP contribution is -2.32. The van der Waals surface area contributed by atoms with E-state index in [2.05, 4.69) is 16.1 Å². The van der Waals surface area contributed by atoms with Crippen LogP contribution in [0.4, 0.5) is 5.82 Å². The molecule has 0 aliphatic carbocycles. The number of amides is 1. The van der Waals surface area contributed by atoms with Gasteiger partial charge in [-0.2, -0.15) is 5.10 Å². The summed E-state index contributed by atoms with van der Waals surface area (Å²) < 4.78 is 24.4. The number of hydrogen-bond acceptors (Lipinski definition) is 8. The average molecular weight is 572 g/mol. The summed E-state index contributed by atoms with van der Waals surface area (Å²) in [5, 5.41) is 5.41. The van der Waals surface area contributed by atoms with Gasteiger partial charge in [-0.3, -0.25) is 9.48 Å². The van der Waals surface area contributed by atoms with Gasteiger partial charge in [0.2, 0.25) is 12.7 Å². The van der Waals surface area contributed by atoms with E-state index in [4.69, 9.17) is 23.9 Å². The Kier molecular flexibility index (Phi) is 7.78. The maximum absolute atomic E-state index is 13.9. The van der Waals surface area contributed by atoms with Crippen molar-refractivity contribution in [2.24, 2.45) is 0 Å². The Labute approximate surface area is 245 Å². The maximum atomic E-state index is 13.9. The Balaban J connectivity index is 1.38. The second-order valence-electron chi connectivity index (χ2n) is 10.9. The van der Waals surface area contributed by atoms with Crippen LogP contribution >= 0.6 is 0 Å². The molecule has 4 heterocycles. The summed E-state index contributed by atoms with van der Waals surface area (Å²) in [4.78, 5) is 23.3. The highest BCUT2D eigenvalue weighted by molar-refractivity contribution is 5.92. The molecule has 1 amide bonds. The van der Waals surface area contributed by atoms with Crippen molar-refractivity contribution >= 4 is 22.6 Å². The van der Waals surface area contributed by atoms with Crippen LogP contribution < -0.4 is 23.8 Å². The van der Waals surface area contributed by atoms with Crippen molar-refractivity contribution in [3.8, 4) is 23.0 Å². The number of aryl methyl sites for hydroxylation is 3. The van der Waals surface area contributed by atoms with Crippen molar-refractivity contribution in [2.75, 3.05) is 39.0 Å². The number of methoxy groups -OCH3 is 2. The first-order valence-electron chi connectivity index (χ1n) is 14.4. The number of benzene rings is 2. The van der Waals surface area contributed by atoms with Gasteiger partial charge < -0.3 is 28.7 Å². The molecule has 0 radical (unpaired) electrons. The van der Waals surface area contributed by atoms with E-state index >= 15 is 0 Å². The van der Waals surface area contributed by atoms with Crippen LogP contribution in [-0.2, 0) is 24.4 Å². The van der Waals surface area contributed by atoms with Gasteiger partial charge in [0.15, 0.2) is 11.5 Å². The Hall–Kier alpha value is -4.47. The van der Waals surface area contributed by atoms with Crippen LogP contribution in [0, 0.1) is 13.8 Å². The molecule has 0 spiro atoms. The topological polar surface area (TPSA) is 91.2 Å². The molecule has 2 aliphatic rings. The predicted molar refractivity (Wildman–Crippen MR) is 159 cm³/mol. The first-order chi connectivity index (χ1) is 20.4. The number of nitrogens with zero attached hydrogens (tertiary/aromatic N) is 5. The highest BCUT2D eigenvalue weighted by Gasteiger charge is 2.25. The van der Waals surface area contributed by atoms with Gasteiger partial charge in [0.05, 0.1) is 19.9 Å². The third-order valence-electron chi connectivity index (χ3n) is 7.97. The van der Waals surface area contributed by atoms with E-state index in [1.54, 1.807) is 14.2 Å². The van der Waals surface area contributed by atoms with E-state index in [0.717, 1.165) is 70.9 Å². The molecule has 6 rings (SSSR count). The third-order valence-corrected chi connectivity index (χ3v) is 7.97. The number of ether oxygens (including phenoxy) is 4. The molecule has 0 atom stereocenters. The minimum atomic E-state index is 0.0327. The molecule has 1 saturated heterocycles. The van der Waals surface area contributed by atoms with Gasteiger partial charge in [-0.25, -0.2) is 4.98 Å². The number of hydrogen-bond donors (Lipinski definition) is 0. The summed E-state index contributed by atoms with van der Waals surface area (Å²) in [6, 6.07) is 13.8. The quantitative estimate of drug-likeness (QED) is 0.262. The van der Waals surface area contributed by atoms with Crippen molar-refractivity contribution in [3.05, 3.63) is 65.0 Å². The fourth-order valence-corrected chi connectivity index (χ4v) is 5.86. The van der Waals surface area contributed by atoms with E-state index in [9.17, 15) is 4.79 Å². The monoisotopic (exact) mass is 571 g/mol. The van der Waals surface area contributed by atoms with Gasteiger partial charge in [-0.05, 0) is 68.7 Å². The van der Waals surface area contributed by atoms with Crippen LogP contribution in [0.3, 0.4) is 0 Å². The molecule has 10 heteroatoms. The Morgan fingerprint density at radius 2 is 1.71 bits per heavy atom. The smallest absolute Gasteiger partial charge is 0.231 e. The standard InChI is InChI=1S/C32H37N5O5/c1-21-15-22(2)37(34-21)14-11-30(38)36(18-23-7-8-27-29(16-23)42-20-41-27)19-24-17-25-26(39-3)9-10-28(40-4)31(25)33-32(24)35-12-5-6-13-35/h7-10,15-17H,5-6,11-14,18-20H2,1-4H3. The summed E-state index contributed by atoms with van der Waals surface area (Å²) >= 11 is 0. The molecule has 0 bridgehead atoms. The van der Waals surface area contributed by atoms with Crippen molar-refractivity contribution in [1.82, 2.24) is 19.7 Å². The first kappa shape index (κ1) is 27.7. The Bertz CT molecular complexity index is 1610. The fraction of sp³-hybridized carbons (Fsp3) is 0.406. The van der Waals surface area contributed by atoms with E-state index in [0.29, 0.717) is 43.3 Å². The molecular weight excluding hydrogens is 534 g/mol. The number of aromatic nitrogens is 3. The summed E-state index contributed by atoms with van der Waals surface area (Å²) in [5.41, 5.74) is 4.67. The molecule has 42 heavy (non-hydrogen) atoms. The molecule has 0 saturated carbocycles. The second-order valence-corrected chi connectivity index (χ2v) is 10.9. The molecule has 2 aromatic heterocycles. The zero-order valence-electron chi connectivity index (χ0n) is 24.7. The van der Waals surface area contributed by atoms with Crippen LogP contribution in [0.2, 0.25) is 0 Å². The van der Waals surface area contributed by atoms with Crippen LogP contribution in [-0.4, -0.2) is 59.7 Å². The van der Waals surface area contributed by atoms with Gasteiger partial charge >= 0.3 is 0 Å². The van der Waals surface area contributed by atoms with E-state index in [1.165, 1.54) is 0 Å². The normalized spacial score (nSPS) is 14.0. The zero-order valence-corrected chi connectivity index (χ0v) is 24.7. The van der Waals surface area contributed by atoms with Crippen molar-refractivity contribution < 1.29 is 23.7 Å². The lowest BCUT2D eigenvalue weighted by Gasteiger charge is -2.27. The van der Waals surface area contributed by atoms with Crippen LogP contribution in [0.1, 0.15) is 41.8 Å². The number of fused-ring (bicyclic) bond motifs is 2. The molecule has 0 unspecified atom stereocenters. The van der Waals surface area contributed by atoms with Gasteiger partial charge in [0.1, 0.15) is 22.8 Å². The summed E-state index contributed by atoms with van der Waals surface area (Å²) in [5.74, 6) is 3.74. The van der Waals surface area contributed by atoms with Crippen molar-refractivity contribution in [1.29, 1.82) is 0 Å². The van der Waals surface area contributed by atoms with Crippen molar-refractivity contribution in [2.45, 2.75) is 52.7 Å². The number of rotatable bonds is 10. The summed E-state index contributed by atoms with van der Waals surface area (Å²) in [7, 11) is 3.31. The molecule has 0 N–H and O–H groups in total. The van der Waals surface area contributed by atoms with Crippen LogP contribution in [0.15, 0.2) is 42.5 Å². The lowest BCUT2D eigenvalue weighted by molar-refractivity contribution is -0.132. The maximum Gasteiger partial charge on any atom is 0.231 e. The molecular formula is C32H37N5O5. The number of carbonyl (C=O) groups is 1. The number of pyridine rings is 1. The minimum absolute atomic E-state index is 0.0327. The fourth-order valence-electron chi connectivity index (χ4n) is 5.86. The highest BCUT2D eigenvalue weighted by atomic mass is 16.7. The zero-order chi connectivity index (χ0) is 29.2. The lowest BCUT2D eigenvalue weighted by atomic mass is 10.1. The molecule has 4 aromatic rings. The summed E-state index contributed by atoms with van der Waals surface area (Å²) in [6.07, 6.45) is 2.54. The van der Waals surface area contributed by atoms with Crippen LogP contribution in [0.5, 0.6) is 23.0 Å². The largest absolute Gasteiger partial charge is 0.496 e. The Morgan fingerprint density at radius 3 is 2.45 bits per heavy atom. The average Bonchev–Trinajstić information content (AvgIpc) is 3.76. The third kappa shape index (κ3) is 5.53. The first-order valence-corrected chi connectivity index (χ1v) is 14.4. The van der Waals surface area contributed by atoms with Crippen molar-refractivity contribution in [3.63, 3.8) is 0 Å². The van der Waals surface area contributed by atoms with Gasteiger partial charge in [-0.1, -0.05) is 6.07 Å². The van der Waals surface area contributed by atoms with Gasteiger partial charge in [0, 0.05) is 55.8 Å². The van der Waals surface area contributed by atoms with Crippen LogP contribution in [0.25, 0.3) is 10.9 Å². The SMILES string of the molecule is COc1ccc(OC)c2nc(N3CCCC3)c(CN(Cc3ccc4c(c3)OCO4)C(=O)CCn3nc(C)cc3C)cc12.